The Morgan fingerprint density at radius 3 is 1.24 bits per heavy atom. The van der Waals surface area contributed by atoms with Crippen LogP contribution >= 0.6 is 0 Å². The molecule has 0 aliphatic rings. The van der Waals surface area contributed by atoms with Gasteiger partial charge in [0.25, 0.3) is 0 Å². The van der Waals surface area contributed by atoms with E-state index in [1.54, 1.807) is 0 Å². The molecule has 0 spiro atoms. The quantitative estimate of drug-likeness (QED) is 0.114. The number of rotatable bonds is 12. The second kappa shape index (κ2) is 17.1. The number of anilines is 3. The lowest BCUT2D eigenvalue weighted by atomic mass is 9.86. The van der Waals surface area contributed by atoms with Crippen LogP contribution in [0.1, 0.15) is 106 Å². The molecule has 6 rings (SSSR count). The second-order valence-corrected chi connectivity index (χ2v) is 16.9. The predicted octanol–water partition coefficient (Wildman–Crippen LogP) is 14.1. The van der Waals surface area contributed by atoms with Gasteiger partial charge in [0.1, 0.15) is 0 Å². The van der Waals surface area contributed by atoms with E-state index in [4.69, 9.17) is 12.8 Å². The van der Waals surface area contributed by atoms with Crippen molar-refractivity contribution in [2.45, 2.75) is 90.4 Å². The molecular weight excluding hydrogens is 663 g/mol. The Bertz CT molecular complexity index is 2150. The van der Waals surface area contributed by atoms with Gasteiger partial charge in [0.15, 0.2) is 0 Å². The summed E-state index contributed by atoms with van der Waals surface area (Å²) >= 11 is 0. The van der Waals surface area contributed by atoms with E-state index in [0.717, 1.165) is 60.3 Å². The summed E-state index contributed by atoms with van der Waals surface area (Å²) in [5.74, 6) is 5.92. The van der Waals surface area contributed by atoms with Crippen molar-refractivity contribution in [1.29, 1.82) is 0 Å². The van der Waals surface area contributed by atoms with Gasteiger partial charge >= 0.3 is 0 Å². The molecule has 0 radical (unpaired) electrons. The molecule has 0 aliphatic carbocycles. The van der Waals surface area contributed by atoms with Crippen molar-refractivity contribution < 1.29 is 0 Å². The van der Waals surface area contributed by atoms with Gasteiger partial charge < -0.3 is 4.90 Å². The highest BCUT2D eigenvalue weighted by atomic mass is 15.1. The molecule has 0 fully saturated rings. The van der Waals surface area contributed by atoms with E-state index >= 15 is 0 Å². The maximum absolute atomic E-state index is 5.61. The maximum atomic E-state index is 5.61. The van der Waals surface area contributed by atoms with Crippen molar-refractivity contribution in [1.82, 2.24) is 0 Å². The minimum Gasteiger partial charge on any atom is -0.311 e. The second-order valence-electron chi connectivity index (χ2n) is 16.9. The summed E-state index contributed by atoms with van der Waals surface area (Å²) < 4.78 is 0. The Balaban J connectivity index is 1.22. The van der Waals surface area contributed by atoms with Gasteiger partial charge in [0, 0.05) is 28.2 Å². The van der Waals surface area contributed by atoms with Gasteiger partial charge in [0.2, 0.25) is 0 Å². The summed E-state index contributed by atoms with van der Waals surface area (Å²) in [4.78, 5) is 2.36. The molecule has 0 N–H and O–H groups in total. The van der Waals surface area contributed by atoms with Crippen LogP contribution in [0.3, 0.4) is 0 Å². The van der Waals surface area contributed by atoms with E-state index < -0.39 is 0 Å². The summed E-state index contributed by atoms with van der Waals surface area (Å²) in [7, 11) is 0. The van der Waals surface area contributed by atoms with Crippen LogP contribution in [0.15, 0.2) is 146 Å². The fourth-order valence-corrected chi connectivity index (χ4v) is 7.33. The fourth-order valence-electron chi connectivity index (χ4n) is 7.33. The van der Waals surface area contributed by atoms with Crippen LogP contribution in [0.4, 0.5) is 17.1 Å². The molecule has 1 unspecified atom stereocenters. The van der Waals surface area contributed by atoms with Crippen LogP contribution in [0.2, 0.25) is 0 Å². The third-order valence-corrected chi connectivity index (χ3v) is 10.9. The van der Waals surface area contributed by atoms with E-state index in [0.29, 0.717) is 5.92 Å². The summed E-state index contributed by atoms with van der Waals surface area (Å²) in [6.45, 7) is 13.6. The number of nitrogens with zero attached hydrogens (tertiary/aromatic N) is 1. The molecule has 0 bridgehead atoms. The number of hydrogen-bond acceptors (Lipinski definition) is 1. The van der Waals surface area contributed by atoms with Crippen molar-refractivity contribution >= 4 is 17.1 Å². The normalized spacial score (nSPS) is 12.1. The molecule has 0 saturated carbocycles. The maximum Gasteiger partial charge on any atom is 0.0462 e. The average molecular weight is 718 g/mol. The lowest BCUT2D eigenvalue weighted by molar-refractivity contribution is 0.552. The third kappa shape index (κ3) is 10.1. The monoisotopic (exact) mass is 717 g/mol. The Hall–Kier alpha value is -5.76. The molecule has 1 heteroatoms. The zero-order valence-corrected chi connectivity index (χ0v) is 33.6. The van der Waals surface area contributed by atoms with E-state index in [1.807, 2.05) is 12.1 Å². The molecule has 0 amide bonds. The molecule has 0 aliphatic heterocycles. The molecule has 6 aromatic rings. The van der Waals surface area contributed by atoms with E-state index in [9.17, 15) is 0 Å². The molecule has 1 nitrogen and oxygen atoms in total. The lowest BCUT2D eigenvalue weighted by Gasteiger charge is -2.28. The van der Waals surface area contributed by atoms with Crippen LogP contribution in [0, 0.1) is 24.7 Å². The highest BCUT2D eigenvalue weighted by Crippen LogP contribution is 2.38. The van der Waals surface area contributed by atoms with Crippen molar-refractivity contribution in [3.05, 3.63) is 185 Å². The van der Waals surface area contributed by atoms with Crippen LogP contribution in [-0.4, -0.2) is 0 Å². The Kier molecular flexibility index (Phi) is 12.1. The number of terminal acetylenes is 2. The van der Waals surface area contributed by atoms with Crippen molar-refractivity contribution in [2.24, 2.45) is 0 Å². The van der Waals surface area contributed by atoms with Gasteiger partial charge in [-0.05, 0) is 148 Å². The van der Waals surface area contributed by atoms with Gasteiger partial charge in [-0.3, -0.25) is 0 Å². The molecule has 0 saturated heterocycles. The van der Waals surface area contributed by atoms with Gasteiger partial charge in [-0.2, -0.15) is 0 Å². The first-order valence-corrected chi connectivity index (χ1v) is 19.7. The first-order valence-electron chi connectivity index (χ1n) is 19.7. The Labute approximate surface area is 331 Å². The minimum atomic E-state index is 0.0966. The zero-order chi connectivity index (χ0) is 39.0. The molecule has 1 atom stereocenters. The molecule has 276 valence electrons. The number of aryl methyl sites for hydroxylation is 2. The van der Waals surface area contributed by atoms with E-state index in [-0.39, 0.29) is 10.8 Å². The highest BCUT2D eigenvalue weighted by molar-refractivity contribution is 5.78. The summed E-state index contributed by atoms with van der Waals surface area (Å²) in [6, 6.07) is 53.3. The SMILES string of the molecule is C#Cc1ccc(CCCC(CCc2ccc(C#C)cc2)c2ccc(-c3ccc(N(c4ccc(C(C)(C)C)cc4)c4ccc(C(C)(C)C)cc4)cc3)cc2)cc1. The third-order valence-electron chi connectivity index (χ3n) is 10.9. The summed E-state index contributed by atoms with van der Waals surface area (Å²) in [6.07, 6.45) is 16.6. The standard InChI is InChI=1S/C54H55N/c1-9-40-14-18-42(19-15-40)12-11-13-44(23-22-43-20-16-41(10-2)17-21-43)45-24-26-46(27-25-45)47-28-34-50(35-29-47)55(51-36-30-48(31-37-51)53(3,4)5)52-38-32-49(33-39-52)54(6,7)8/h1-2,14-21,24-39,44H,11-13,22-23H2,3-8H3. The first-order chi connectivity index (χ1) is 26.4. The highest BCUT2D eigenvalue weighted by Gasteiger charge is 2.19. The summed E-state index contributed by atoms with van der Waals surface area (Å²) in [5, 5.41) is 0. The smallest absolute Gasteiger partial charge is 0.0462 e. The minimum absolute atomic E-state index is 0.0966. The van der Waals surface area contributed by atoms with Gasteiger partial charge in [0.05, 0.1) is 0 Å². The van der Waals surface area contributed by atoms with E-state index in [1.165, 1.54) is 38.9 Å². The van der Waals surface area contributed by atoms with Crippen molar-refractivity contribution in [2.75, 3.05) is 4.90 Å². The van der Waals surface area contributed by atoms with Gasteiger partial charge in [-0.25, -0.2) is 0 Å². The van der Waals surface area contributed by atoms with E-state index in [2.05, 4.69) is 192 Å². The van der Waals surface area contributed by atoms with Crippen molar-refractivity contribution in [3.8, 4) is 35.8 Å². The Morgan fingerprint density at radius 2 is 0.836 bits per heavy atom. The largest absolute Gasteiger partial charge is 0.311 e. The zero-order valence-electron chi connectivity index (χ0n) is 33.6. The van der Waals surface area contributed by atoms with Crippen LogP contribution in [-0.2, 0) is 23.7 Å². The fraction of sp³-hybridized carbons (Fsp3) is 0.259. The van der Waals surface area contributed by atoms with Crippen LogP contribution in [0.5, 0.6) is 0 Å². The number of benzene rings is 6. The molecule has 0 aromatic heterocycles. The summed E-state index contributed by atoms with van der Waals surface area (Å²) in [5.41, 5.74) is 14.6. The van der Waals surface area contributed by atoms with Crippen molar-refractivity contribution in [3.63, 3.8) is 0 Å². The molecular formula is C54H55N. The molecule has 0 heterocycles. The lowest BCUT2D eigenvalue weighted by Crippen LogP contribution is -2.14. The molecule has 6 aromatic carbocycles. The Morgan fingerprint density at radius 1 is 0.455 bits per heavy atom. The number of hydrogen-bond donors (Lipinski definition) is 0. The predicted molar refractivity (Wildman–Crippen MR) is 237 cm³/mol. The topological polar surface area (TPSA) is 3.24 Å². The van der Waals surface area contributed by atoms with Crippen LogP contribution < -0.4 is 4.90 Å². The van der Waals surface area contributed by atoms with Gasteiger partial charge in [-0.15, -0.1) is 12.8 Å². The first kappa shape index (κ1) is 38.9. The van der Waals surface area contributed by atoms with Crippen LogP contribution in [0.25, 0.3) is 11.1 Å². The van der Waals surface area contributed by atoms with Gasteiger partial charge in [-0.1, -0.05) is 138 Å². The molecule has 55 heavy (non-hydrogen) atoms. The average Bonchev–Trinajstić information content (AvgIpc) is 3.20.